The number of fused-ring (bicyclic) bond motifs is 1. The van der Waals surface area contributed by atoms with Crippen LogP contribution >= 0.6 is 27.3 Å². The lowest BCUT2D eigenvalue weighted by Crippen LogP contribution is -2.00. The van der Waals surface area contributed by atoms with Gasteiger partial charge in [-0.05, 0) is 35.9 Å². The Labute approximate surface area is 140 Å². The minimum Gasteiger partial charge on any atom is -0.282 e. The summed E-state index contributed by atoms with van der Waals surface area (Å²) in [5, 5.41) is 0.769. The topological polar surface area (TPSA) is 67.3 Å². The number of thiazole rings is 1. The molecule has 0 spiro atoms. The van der Waals surface area contributed by atoms with Gasteiger partial charge < -0.3 is 0 Å². The van der Waals surface area contributed by atoms with Crippen molar-refractivity contribution < 1.29 is 13.0 Å². The van der Waals surface area contributed by atoms with E-state index in [0.717, 1.165) is 15.2 Å². The molecule has 0 aliphatic carbocycles. The van der Waals surface area contributed by atoms with E-state index in [-0.39, 0.29) is 4.90 Å². The van der Waals surface area contributed by atoms with Crippen molar-refractivity contribution >= 4 is 59.8 Å². The van der Waals surface area contributed by atoms with Gasteiger partial charge in [0.25, 0.3) is 10.1 Å². The van der Waals surface area contributed by atoms with Crippen molar-refractivity contribution in [3.63, 3.8) is 0 Å². The third-order valence-electron chi connectivity index (χ3n) is 2.97. The normalized spacial score (nSPS) is 12.3. The third-order valence-corrected chi connectivity index (χ3v) is 5.37. The number of halogens is 1. The van der Waals surface area contributed by atoms with Gasteiger partial charge in [0, 0.05) is 4.47 Å². The van der Waals surface area contributed by atoms with Gasteiger partial charge in [0.15, 0.2) is 0 Å². The maximum Gasteiger partial charge on any atom is 0.295 e. The first kappa shape index (κ1) is 15.4. The highest BCUT2D eigenvalue weighted by Gasteiger charge is 2.14. The number of benzene rings is 2. The molecule has 0 fully saturated rings. The van der Waals surface area contributed by atoms with Crippen molar-refractivity contribution in [2.75, 3.05) is 0 Å². The van der Waals surface area contributed by atoms with Crippen LogP contribution in [0, 0.1) is 0 Å². The predicted molar refractivity (Wildman–Crippen MR) is 92.5 cm³/mol. The molecule has 0 amide bonds. The van der Waals surface area contributed by atoms with Gasteiger partial charge in [-0.3, -0.25) is 4.55 Å². The number of nitrogens with zero attached hydrogens (tertiary/aromatic N) is 1. The number of aromatic nitrogens is 1. The van der Waals surface area contributed by atoms with Crippen LogP contribution in [0.3, 0.4) is 0 Å². The summed E-state index contributed by atoms with van der Waals surface area (Å²) < 4.78 is 33.8. The van der Waals surface area contributed by atoms with E-state index in [1.807, 2.05) is 24.3 Å². The summed E-state index contributed by atoms with van der Waals surface area (Å²) >= 11 is 4.71. The molecule has 0 aliphatic rings. The highest BCUT2D eigenvalue weighted by atomic mass is 79.9. The van der Waals surface area contributed by atoms with Gasteiger partial charge in [-0.1, -0.05) is 40.2 Å². The highest BCUT2D eigenvalue weighted by molar-refractivity contribution is 9.10. The zero-order chi connectivity index (χ0) is 15.7. The summed E-state index contributed by atoms with van der Waals surface area (Å²) in [5.74, 6) is 0. The van der Waals surface area contributed by atoms with Gasteiger partial charge in [-0.25, -0.2) is 4.98 Å². The lowest BCUT2D eigenvalue weighted by Gasteiger charge is -2.03. The molecule has 0 unspecified atom stereocenters. The van der Waals surface area contributed by atoms with Crippen LogP contribution in [0.15, 0.2) is 51.8 Å². The quantitative estimate of drug-likeness (QED) is 0.663. The lowest BCUT2D eigenvalue weighted by atomic mass is 10.2. The molecular weight excluding hydrogens is 386 g/mol. The minimum atomic E-state index is -4.28. The Kier molecular flexibility index (Phi) is 4.14. The molecule has 1 N–H and O–H groups in total. The monoisotopic (exact) mass is 395 g/mol. The van der Waals surface area contributed by atoms with Crippen LogP contribution in [-0.4, -0.2) is 18.0 Å². The average molecular weight is 396 g/mol. The molecule has 3 rings (SSSR count). The first-order valence-corrected chi connectivity index (χ1v) is 9.29. The van der Waals surface area contributed by atoms with Crippen LogP contribution in [0.4, 0.5) is 0 Å². The van der Waals surface area contributed by atoms with Crippen LogP contribution in [0.2, 0.25) is 0 Å². The average Bonchev–Trinajstić information content (AvgIpc) is 2.87. The molecule has 7 heteroatoms. The minimum absolute atomic E-state index is 0.140. The number of rotatable bonds is 3. The molecule has 1 heterocycles. The summed E-state index contributed by atoms with van der Waals surface area (Å²) in [6, 6.07) is 12.5. The number of hydrogen-bond acceptors (Lipinski definition) is 4. The van der Waals surface area contributed by atoms with Crippen molar-refractivity contribution in [3.05, 3.63) is 57.5 Å². The van der Waals surface area contributed by atoms with Crippen LogP contribution in [-0.2, 0) is 10.1 Å². The van der Waals surface area contributed by atoms with Gasteiger partial charge in [0.05, 0.1) is 10.2 Å². The second-order valence-electron chi connectivity index (χ2n) is 4.51. The van der Waals surface area contributed by atoms with Gasteiger partial charge in [0.1, 0.15) is 9.90 Å². The van der Waals surface area contributed by atoms with Crippen molar-refractivity contribution in [1.29, 1.82) is 0 Å². The highest BCUT2D eigenvalue weighted by Crippen LogP contribution is 2.26. The smallest absolute Gasteiger partial charge is 0.282 e. The Bertz CT molecular complexity index is 944. The molecule has 0 bridgehead atoms. The predicted octanol–water partition coefficient (Wildman–Crippen LogP) is 4.48. The molecule has 2 aromatic carbocycles. The fourth-order valence-corrected chi connectivity index (χ4v) is 4.08. The molecule has 3 aromatic rings. The van der Waals surface area contributed by atoms with Crippen LogP contribution < -0.4 is 0 Å². The van der Waals surface area contributed by atoms with Crippen molar-refractivity contribution in [2.24, 2.45) is 0 Å². The van der Waals surface area contributed by atoms with E-state index in [4.69, 9.17) is 0 Å². The first-order valence-electron chi connectivity index (χ1n) is 6.24. The Balaban J connectivity index is 2.02. The van der Waals surface area contributed by atoms with Crippen LogP contribution in [0.1, 0.15) is 10.6 Å². The third kappa shape index (κ3) is 3.27. The van der Waals surface area contributed by atoms with Crippen LogP contribution in [0.25, 0.3) is 22.4 Å². The fraction of sp³-hybridized carbons (Fsp3) is 0. The summed E-state index contributed by atoms with van der Waals surface area (Å²) in [4.78, 5) is 4.31. The zero-order valence-corrected chi connectivity index (χ0v) is 14.3. The molecule has 0 aliphatic heterocycles. The SMILES string of the molecule is O=S(=O)(O)c1cc(Br)ccc1C=Cc1nc2ccccc2s1. The first-order chi connectivity index (χ1) is 10.4. The van der Waals surface area contributed by atoms with Gasteiger partial charge in [0.2, 0.25) is 0 Å². The van der Waals surface area contributed by atoms with Crippen molar-refractivity contribution in [3.8, 4) is 0 Å². The van der Waals surface area contributed by atoms with E-state index in [9.17, 15) is 13.0 Å². The lowest BCUT2D eigenvalue weighted by molar-refractivity contribution is 0.483. The Morgan fingerprint density at radius 1 is 1.14 bits per heavy atom. The molecule has 0 saturated heterocycles. The standard InChI is InChI=1S/C15H10BrNO3S2/c16-11-7-5-10(14(9-11)22(18,19)20)6-8-15-17-12-3-1-2-4-13(12)21-15/h1-9H,(H,18,19,20). The summed E-state index contributed by atoms with van der Waals surface area (Å²) in [5.41, 5.74) is 1.31. The van der Waals surface area contributed by atoms with Gasteiger partial charge in [-0.2, -0.15) is 8.42 Å². The Hall–Kier alpha value is -1.54. The number of para-hydroxylation sites is 1. The van der Waals surface area contributed by atoms with Gasteiger partial charge in [-0.15, -0.1) is 11.3 Å². The summed E-state index contributed by atoms with van der Waals surface area (Å²) in [6.07, 6.45) is 3.37. The molecule has 4 nitrogen and oxygen atoms in total. The Morgan fingerprint density at radius 3 is 2.64 bits per heavy atom. The molecule has 0 saturated carbocycles. The maximum atomic E-state index is 11.4. The maximum absolute atomic E-state index is 11.4. The molecule has 112 valence electrons. The largest absolute Gasteiger partial charge is 0.295 e. The molecule has 1 aromatic heterocycles. The second kappa shape index (κ2) is 5.92. The molecule has 22 heavy (non-hydrogen) atoms. The summed E-state index contributed by atoms with van der Waals surface area (Å²) in [6.45, 7) is 0. The zero-order valence-electron chi connectivity index (χ0n) is 11.1. The van der Waals surface area contributed by atoms with E-state index in [1.165, 1.54) is 17.4 Å². The van der Waals surface area contributed by atoms with Crippen molar-refractivity contribution in [1.82, 2.24) is 4.98 Å². The molecule has 0 radical (unpaired) electrons. The second-order valence-corrected chi connectivity index (χ2v) is 7.88. The van der Waals surface area contributed by atoms with Gasteiger partial charge >= 0.3 is 0 Å². The van der Waals surface area contributed by atoms with Crippen molar-refractivity contribution in [2.45, 2.75) is 4.90 Å². The Morgan fingerprint density at radius 2 is 1.91 bits per heavy atom. The van der Waals surface area contributed by atoms with E-state index in [1.54, 1.807) is 24.3 Å². The van der Waals surface area contributed by atoms with E-state index < -0.39 is 10.1 Å². The van der Waals surface area contributed by atoms with E-state index in [2.05, 4.69) is 20.9 Å². The fourth-order valence-electron chi connectivity index (χ4n) is 1.99. The summed E-state index contributed by atoms with van der Waals surface area (Å²) in [7, 11) is -4.28. The molecule has 0 atom stereocenters. The van der Waals surface area contributed by atoms with E-state index >= 15 is 0 Å². The van der Waals surface area contributed by atoms with E-state index in [0.29, 0.717) is 10.0 Å². The molecular formula is C15H10BrNO3S2. The number of hydrogen-bond donors (Lipinski definition) is 1. The van der Waals surface area contributed by atoms with Crippen LogP contribution in [0.5, 0.6) is 0 Å².